The molecule has 0 radical (unpaired) electrons. The van der Waals surface area contributed by atoms with Crippen molar-refractivity contribution in [3.05, 3.63) is 33.2 Å². The Kier molecular flexibility index (Phi) is 5.00. The Labute approximate surface area is 121 Å². The summed E-state index contributed by atoms with van der Waals surface area (Å²) in [6.07, 6.45) is 0.981. The van der Waals surface area contributed by atoms with Crippen LogP contribution in [0.2, 0.25) is 0 Å². The van der Waals surface area contributed by atoms with Crippen LogP contribution in [0.4, 0.5) is 0 Å². The van der Waals surface area contributed by atoms with Crippen molar-refractivity contribution >= 4 is 0 Å². The van der Waals surface area contributed by atoms with Gasteiger partial charge in [-0.25, -0.2) is 0 Å². The van der Waals surface area contributed by atoms with Crippen molar-refractivity contribution in [1.82, 2.24) is 14.8 Å². The van der Waals surface area contributed by atoms with Gasteiger partial charge in [-0.05, 0) is 30.6 Å². The second-order valence-electron chi connectivity index (χ2n) is 6.15. The zero-order chi connectivity index (χ0) is 14.7. The Bertz CT molecular complexity index is 519. The maximum atomic E-state index is 12.4. The molecule has 0 saturated carbocycles. The van der Waals surface area contributed by atoms with E-state index in [-0.39, 0.29) is 5.56 Å². The van der Waals surface area contributed by atoms with Crippen molar-refractivity contribution in [2.45, 2.75) is 40.3 Å². The van der Waals surface area contributed by atoms with E-state index in [9.17, 15) is 4.79 Å². The highest BCUT2D eigenvalue weighted by molar-refractivity contribution is 5.28. The van der Waals surface area contributed by atoms with Gasteiger partial charge < -0.3 is 9.88 Å². The highest BCUT2D eigenvalue weighted by Crippen LogP contribution is 2.17. The fraction of sp³-hybridized carbons (Fsp3) is 0.688. The molecule has 1 aliphatic heterocycles. The van der Waals surface area contributed by atoms with E-state index in [2.05, 4.69) is 37.1 Å². The SMILES string of the molecule is CCN1CCc2c(cc(CNCC(C)C)c(=O)n2C)C1. The maximum Gasteiger partial charge on any atom is 0.255 e. The number of hydrogen-bond donors (Lipinski definition) is 1. The molecule has 0 aliphatic carbocycles. The fourth-order valence-electron chi connectivity index (χ4n) is 2.85. The molecule has 1 aromatic heterocycles. The van der Waals surface area contributed by atoms with Crippen molar-refractivity contribution in [1.29, 1.82) is 0 Å². The molecule has 4 heteroatoms. The number of nitrogens with one attached hydrogen (secondary N) is 1. The van der Waals surface area contributed by atoms with Crippen LogP contribution in [0.3, 0.4) is 0 Å². The van der Waals surface area contributed by atoms with Crippen molar-refractivity contribution < 1.29 is 0 Å². The van der Waals surface area contributed by atoms with Gasteiger partial charge in [-0.3, -0.25) is 9.69 Å². The second kappa shape index (κ2) is 6.55. The van der Waals surface area contributed by atoms with E-state index < -0.39 is 0 Å². The number of fused-ring (bicyclic) bond motifs is 1. The van der Waals surface area contributed by atoms with Crippen LogP contribution in [0.25, 0.3) is 0 Å². The molecule has 0 spiro atoms. The predicted molar refractivity (Wildman–Crippen MR) is 82.9 cm³/mol. The highest BCUT2D eigenvalue weighted by atomic mass is 16.1. The number of rotatable bonds is 5. The van der Waals surface area contributed by atoms with Crippen LogP contribution >= 0.6 is 0 Å². The van der Waals surface area contributed by atoms with Crippen LogP contribution in [-0.4, -0.2) is 29.1 Å². The highest BCUT2D eigenvalue weighted by Gasteiger charge is 2.19. The van der Waals surface area contributed by atoms with E-state index in [1.165, 1.54) is 11.3 Å². The maximum absolute atomic E-state index is 12.4. The minimum absolute atomic E-state index is 0.157. The number of pyridine rings is 1. The first-order valence-electron chi connectivity index (χ1n) is 7.66. The summed E-state index contributed by atoms with van der Waals surface area (Å²) in [7, 11) is 1.91. The van der Waals surface area contributed by atoms with Gasteiger partial charge in [0.05, 0.1) is 0 Å². The Morgan fingerprint density at radius 2 is 2.15 bits per heavy atom. The van der Waals surface area contributed by atoms with Gasteiger partial charge in [0.25, 0.3) is 5.56 Å². The van der Waals surface area contributed by atoms with E-state index in [0.717, 1.165) is 38.2 Å². The fourth-order valence-corrected chi connectivity index (χ4v) is 2.85. The number of likely N-dealkylation sites (N-methyl/N-ethyl adjacent to an activating group) is 1. The Morgan fingerprint density at radius 3 is 2.80 bits per heavy atom. The van der Waals surface area contributed by atoms with Crippen LogP contribution < -0.4 is 10.9 Å². The van der Waals surface area contributed by atoms with Crippen LogP contribution in [0.5, 0.6) is 0 Å². The molecule has 20 heavy (non-hydrogen) atoms. The summed E-state index contributed by atoms with van der Waals surface area (Å²) in [5.41, 5.74) is 3.59. The van der Waals surface area contributed by atoms with Gasteiger partial charge in [-0.1, -0.05) is 20.8 Å². The summed E-state index contributed by atoms with van der Waals surface area (Å²) in [4.78, 5) is 14.8. The van der Waals surface area contributed by atoms with Crippen LogP contribution in [0.15, 0.2) is 10.9 Å². The molecule has 0 amide bonds. The largest absolute Gasteiger partial charge is 0.315 e. The second-order valence-corrected chi connectivity index (χ2v) is 6.15. The van der Waals surface area contributed by atoms with E-state index in [1.807, 2.05) is 11.6 Å². The molecule has 112 valence electrons. The van der Waals surface area contributed by atoms with Gasteiger partial charge in [0.2, 0.25) is 0 Å². The van der Waals surface area contributed by atoms with Crippen molar-refractivity contribution in [3.8, 4) is 0 Å². The zero-order valence-electron chi connectivity index (χ0n) is 13.2. The summed E-state index contributed by atoms with van der Waals surface area (Å²) in [6, 6.07) is 2.12. The molecule has 0 unspecified atom stereocenters. The number of hydrogen-bond acceptors (Lipinski definition) is 3. The van der Waals surface area contributed by atoms with Gasteiger partial charge in [0.15, 0.2) is 0 Å². The molecule has 4 nitrogen and oxygen atoms in total. The first-order valence-corrected chi connectivity index (χ1v) is 7.66. The average Bonchev–Trinajstić information content (AvgIpc) is 2.43. The van der Waals surface area contributed by atoms with Crippen molar-refractivity contribution in [2.75, 3.05) is 19.6 Å². The van der Waals surface area contributed by atoms with Crippen LogP contribution in [-0.2, 0) is 26.6 Å². The molecule has 0 atom stereocenters. The normalized spacial score (nSPS) is 15.7. The molecule has 1 aliphatic rings. The summed E-state index contributed by atoms with van der Waals surface area (Å²) < 4.78 is 1.86. The molecule has 0 aromatic carbocycles. The molecule has 0 saturated heterocycles. The third kappa shape index (κ3) is 3.30. The van der Waals surface area contributed by atoms with E-state index in [1.54, 1.807) is 0 Å². The van der Waals surface area contributed by atoms with Crippen molar-refractivity contribution in [2.24, 2.45) is 13.0 Å². The van der Waals surface area contributed by atoms with Gasteiger partial charge in [-0.2, -0.15) is 0 Å². The Morgan fingerprint density at radius 1 is 1.40 bits per heavy atom. The summed E-state index contributed by atoms with van der Waals surface area (Å²) in [6.45, 7) is 11.3. The lowest BCUT2D eigenvalue weighted by atomic mass is 10.0. The monoisotopic (exact) mass is 277 g/mol. The topological polar surface area (TPSA) is 37.3 Å². The van der Waals surface area contributed by atoms with Crippen molar-refractivity contribution in [3.63, 3.8) is 0 Å². The summed E-state index contributed by atoms with van der Waals surface area (Å²) in [5, 5.41) is 3.37. The van der Waals surface area contributed by atoms with E-state index in [4.69, 9.17) is 0 Å². The minimum atomic E-state index is 0.157. The number of aromatic nitrogens is 1. The number of nitrogens with zero attached hydrogens (tertiary/aromatic N) is 2. The molecule has 0 fully saturated rings. The standard InChI is InChI=1S/C16H27N3O/c1-5-19-7-6-15-14(11-19)8-13(16(20)18(15)4)10-17-9-12(2)3/h8,12,17H,5-7,9-11H2,1-4H3. The molecule has 1 aromatic rings. The van der Waals surface area contributed by atoms with Crippen LogP contribution in [0, 0.1) is 5.92 Å². The molecular formula is C16H27N3O. The van der Waals surface area contributed by atoms with E-state index in [0.29, 0.717) is 12.5 Å². The lowest BCUT2D eigenvalue weighted by Gasteiger charge is -2.29. The van der Waals surface area contributed by atoms with Gasteiger partial charge in [0.1, 0.15) is 0 Å². The average molecular weight is 277 g/mol. The Hall–Kier alpha value is -1.13. The smallest absolute Gasteiger partial charge is 0.255 e. The molecule has 0 bridgehead atoms. The van der Waals surface area contributed by atoms with Gasteiger partial charge in [0, 0.05) is 44.4 Å². The first kappa shape index (κ1) is 15.3. The molecule has 1 N–H and O–H groups in total. The van der Waals surface area contributed by atoms with E-state index >= 15 is 0 Å². The Balaban J connectivity index is 2.22. The minimum Gasteiger partial charge on any atom is -0.315 e. The molecule has 2 rings (SSSR count). The lowest BCUT2D eigenvalue weighted by Crippen LogP contribution is -2.36. The lowest BCUT2D eigenvalue weighted by molar-refractivity contribution is 0.262. The predicted octanol–water partition coefficient (Wildman–Crippen LogP) is 1.51. The first-order chi connectivity index (χ1) is 9.52. The summed E-state index contributed by atoms with van der Waals surface area (Å²) in [5.74, 6) is 0.604. The third-order valence-corrected chi connectivity index (χ3v) is 4.08. The molecular weight excluding hydrogens is 250 g/mol. The van der Waals surface area contributed by atoms with Gasteiger partial charge in [-0.15, -0.1) is 0 Å². The molecule has 2 heterocycles. The third-order valence-electron chi connectivity index (χ3n) is 4.08. The summed E-state index contributed by atoms with van der Waals surface area (Å²) >= 11 is 0. The van der Waals surface area contributed by atoms with Gasteiger partial charge >= 0.3 is 0 Å². The van der Waals surface area contributed by atoms with Crippen LogP contribution in [0.1, 0.15) is 37.6 Å². The zero-order valence-corrected chi connectivity index (χ0v) is 13.2. The quantitative estimate of drug-likeness (QED) is 0.886.